The van der Waals surface area contributed by atoms with Crippen molar-refractivity contribution in [1.82, 2.24) is 0 Å². The zero-order chi connectivity index (χ0) is 15.6. The molecule has 0 atom stereocenters. The molecule has 0 aliphatic heterocycles. The number of hydrogen-bond acceptors (Lipinski definition) is 4. The zero-order valence-corrected chi connectivity index (χ0v) is 12.0. The van der Waals surface area contributed by atoms with E-state index in [1.54, 1.807) is 6.07 Å². The van der Waals surface area contributed by atoms with Gasteiger partial charge >= 0.3 is 0 Å². The Bertz CT molecular complexity index is 776. The maximum absolute atomic E-state index is 13.2. The van der Waals surface area contributed by atoms with Gasteiger partial charge in [0.1, 0.15) is 5.75 Å². The molecule has 0 aromatic heterocycles. The molecule has 2 N–H and O–H groups in total. The van der Waals surface area contributed by atoms with E-state index in [4.69, 9.17) is 10.5 Å². The number of nitrogen functional groups attached to an aromatic ring is 1. The van der Waals surface area contributed by atoms with Gasteiger partial charge in [-0.2, -0.15) is 0 Å². The van der Waals surface area contributed by atoms with Crippen LogP contribution in [-0.4, -0.2) is 15.5 Å². The van der Waals surface area contributed by atoms with Crippen molar-refractivity contribution >= 4 is 15.5 Å². The summed E-state index contributed by atoms with van der Waals surface area (Å²) in [5.41, 5.74) is 6.40. The average Bonchev–Trinajstić information content (AvgIpc) is 2.40. The molecule has 0 spiro atoms. The minimum Gasteiger partial charge on any atom is -0.497 e. The molecule has 4 nitrogen and oxygen atoms in total. The summed E-state index contributed by atoms with van der Waals surface area (Å²) in [6, 6.07) is 7.02. The topological polar surface area (TPSA) is 69.4 Å². The molecule has 0 bridgehead atoms. The van der Waals surface area contributed by atoms with E-state index in [1.807, 2.05) is 0 Å². The third kappa shape index (κ3) is 3.49. The van der Waals surface area contributed by atoms with Crippen molar-refractivity contribution in [3.05, 3.63) is 53.6 Å². The molecule has 0 fully saturated rings. The summed E-state index contributed by atoms with van der Waals surface area (Å²) in [5, 5.41) is 0. The maximum Gasteiger partial charge on any atom is 0.182 e. The molecule has 2 rings (SSSR count). The minimum atomic E-state index is -3.81. The Kier molecular flexibility index (Phi) is 4.13. The average molecular weight is 313 g/mol. The fourth-order valence-electron chi connectivity index (χ4n) is 1.86. The number of anilines is 1. The van der Waals surface area contributed by atoms with Crippen molar-refractivity contribution in [3.63, 3.8) is 0 Å². The van der Waals surface area contributed by atoms with Crippen LogP contribution in [0.1, 0.15) is 5.56 Å². The number of ether oxygens (including phenoxy) is 1. The Morgan fingerprint density at radius 1 is 1.10 bits per heavy atom. The Morgan fingerprint density at radius 3 is 2.43 bits per heavy atom. The zero-order valence-electron chi connectivity index (χ0n) is 11.1. The summed E-state index contributed by atoms with van der Waals surface area (Å²) in [5.74, 6) is -2.27. The molecule has 0 unspecified atom stereocenters. The number of halogens is 2. The van der Waals surface area contributed by atoms with Gasteiger partial charge in [0, 0.05) is 11.8 Å². The van der Waals surface area contributed by atoms with Crippen LogP contribution in [0.3, 0.4) is 0 Å². The number of sulfone groups is 1. The van der Waals surface area contributed by atoms with E-state index in [0.717, 1.165) is 12.1 Å². The van der Waals surface area contributed by atoms with Gasteiger partial charge in [-0.15, -0.1) is 0 Å². The van der Waals surface area contributed by atoms with Gasteiger partial charge in [0.2, 0.25) is 0 Å². The van der Waals surface area contributed by atoms with Gasteiger partial charge in [0.15, 0.2) is 21.5 Å². The molecule has 0 aliphatic carbocycles. The highest BCUT2D eigenvalue weighted by molar-refractivity contribution is 7.90. The maximum atomic E-state index is 13.2. The molecule has 112 valence electrons. The Labute approximate surface area is 121 Å². The van der Waals surface area contributed by atoms with E-state index < -0.39 is 21.5 Å². The first-order valence-electron chi connectivity index (χ1n) is 5.93. The van der Waals surface area contributed by atoms with Crippen molar-refractivity contribution in [1.29, 1.82) is 0 Å². The molecule has 2 aromatic rings. The quantitative estimate of drug-likeness (QED) is 0.695. The first-order valence-corrected chi connectivity index (χ1v) is 7.58. The molecule has 7 heteroatoms. The van der Waals surface area contributed by atoms with Gasteiger partial charge in [-0.3, -0.25) is 0 Å². The van der Waals surface area contributed by atoms with Crippen molar-refractivity contribution in [2.45, 2.75) is 10.6 Å². The van der Waals surface area contributed by atoms with Crippen LogP contribution in [0.5, 0.6) is 5.75 Å². The summed E-state index contributed by atoms with van der Waals surface area (Å²) < 4.78 is 55.4. The third-order valence-corrected chi connectivity index (χ3v) is 4.52. The predicted octanol–water partition coefficient (Wildman–Crippen LogP) is 2.53. The minimum absolute atomic E-state index is 0.289. The van der Waals surface area contributed by atoms with Crippen molar-refractivity contribution in [3.8, 4) is 5.75 Å². The van der Waals surface area contributed by atoms with Crippen LogP contribution in [0.2, 0.25) is 0 Å². The van der Waals surface area contributed by atoms with E-state index in [-0.39, 0.29) is 10.6 Å². The molecule has 0 saturated heterocycles. The van der Waals surface area contributed by atoms with Gasteiger partial charge in [0.25, 0.3) is 0 Å². The normalized spacial score (nSPS) is 11.4. The fourth-order valence-corrected chi connectivity index (χ4v) is 3.19. The van der Waals surface area contributed by atoms with Crippen LogP contribution < -0.4 is 10.5 Å². The number of nitrogens with two attached hydrogens (primary N) is 1. The fraction of sp³-hybridized carbons (Fsp3) is 0.143. The van der Waals surface area contributed by atoms with Crippen LogP contribution in [-0.2, 0) is 15.6 Å². The van der Waals surface area contributed by atoms with Crippen molar-refractivity contribution in [2.75, 3.05) is 12.8 Å². The van der Waals surface area contributed by atoms with Crippen LogP contribution in [0.15, 0.2) is 41.3 Å². The smallest absolute Gasteiger partial charge is 0.182 e. The first kappa shape index (κ1) is 15.2. The molecule has 0 saturated carbocycles. The van der Waals surface area contributed by atoms with Crippen LogP contribution in [0.4, 0.5) is 14.5 Å². The number of rotatable bonds is 4. The van der Waals surface area contributed by atoms with E-state index in [0.29, 0.717) is 23.1 Å². The number of hydrogen-bond donors (Lipinski definition) is 1. The lowest BCUT2D eigenvalue weighted by molar-refractivity contribution is 0.414. The molecule has 21 heavy (non-hydrogen) atoms. The highest BCUT2D eigenvalue weighted by atomic mass is 32.2. The highest BCUT2D eigenvalue weighted by Gasteiger charge is 2.18. The number of benzene rings is 2. The summed E-state index contributed by atoms with van der Waals surface area (Å²) in [4.78, 5) is -0.289. The van der Waals surface area contributed by atoms with Crippen molar-refractivity contribution in [2.24, 2.45) is 0 Å². The van der Waals surface area contributed by atoms with Gasteiger partial charge in [-0.1, -0.05) is 0 Å². The molecule has 2 aromatic carbocycles. The second kappa shape index (κ2) is 5.69. The molecule has 0 aliphatic rings. The first-order chi connectivity index (χ1) is 9.81. The third-order valence-electron chi connectivity index (χ3n) is 2.83. The standard InChI is InChI=1S/C14H13F2NO3S/c1-20-11-5-9(4-10(17)6-11)8-21(18,19)12-2-3-13(15)14(16)7-12/h2-7H,8,17H2,1H3. The molecular formula is C14H13F2NO3S. The van der Waals surface area contributed by atoms with Gasteiger partial charge in [-0.25, -0.2) is 17.2 Å². The molecule has 0 heterocycles. The lowest BCUT2D eigenvalue weighted by atomic mass is 10.2. The van der Waals surface area contributed by atoms with Crippen LogP contribution in [0, 0.1) is 11.6 Å². The van der Waals surface area contributed by atoms with E-state index in [1.165, 1.54) is 19.2 Å². The van der Waals surface area contributed by atoms with Gasteiger partial charge in [-0.05, 0) is 35.9 Å². The van der Waals surface area contributed by atoms with Crippen LogP contribution >= 0.6 is 0 Å². The van der Waals surface area contributed by atoms with Crippen molar-refractivity contribution < 1.29 is 21.9 Å². The predicted molar refractivity (Wildman–Crippen MR) is 74.7 cm³/mol. The Morgan fingerprint density at radius 2 is 1.81 bits per heavy atom. The monoisotopic (exact) mass is 313 g/mol. The van der Waals surface area contributed by atoms with E-state index in [9.17, 15) is 17.2 Å². The van der Waals surface area contributed by atoms with E-state index >= 15 is 0 Å². The lowest BCUT2D eigenvalue weighted by Gasteiger charge is -2.08. The second-order valence-electron chi connectivity index (χ2n) is 4.45. The summed E-state index contributed by atoms with van der Waals surface area (Å²) >= 11 is 0. The lowest BCUT2D eigenvalue weighted by Crippen LogP contribution is -2.06. The van der Waals surface area contributed by atoms with Crippen LogP contribution in [0.25, 0.3) is 0 Å². The Hall–Kier alpha value is -2.15. The van der Waals surface area contributed by atoms with E-state index in [2.05, 4.69) is 0 Å². The second-order valence-corrected chi connectivity index (χ2v) is 6.44. The molecule has 0 amide bonds. The summed E-state index contributed by atoms with van der Waals surface area (Å²) in [6.07, 6.45) is 0. The SMILES string of the molecule is COc1cc(N)cc(CS(=O)(=O)c2ccc(F)c(F)c2)c1. The molecular weight excluding hydrogens is 300 g/mol. The summed E-state index contributed by atoms with van der Waals surface area (Å²) in [6.45, 7) is 0. The highest BCUT2D eigenvalue weighted by Crippen LogP contribution is 2.23. The summed E-state index contributed by atoms with van der Waals surface area (Å²) in [7, 11) is -2.38. The van der Waals surface area contributed by atoms with Gasteiger partial charge in [0.05, 0.1) is 17.8 Å². The number of methoxy groups -OCH3 is 1. The largest absolute Gasteiger partial charge is 0.497 e. The molecule has 0 radical (unpaired) electrons. The van der Waals surface area contributed by atoms with Gasteiger partial charge < -0.3 is 10.5 Å². The Balaban J connectivity index is 2.37.